The molecule has 0 aliphatic carbocycles. The van der Waals surface area contributed by atoms with Crippen molar-refractivity contribution in [3.63, 3.8) is 0 Å². The fourth-order valence-corrected chi connectivity index (χ4v) is 11.9. The molecule has 7 heterocycles. The van der Waals surface area contributed by atoms with E-state index in [1.165, 1.54) is 21.5 Å². The van der Waals surface area contributed by atoms with E-state index in [9.17, 15) is 0 Å². The van der Waals surface area contributed by atoms with Crippen LogP contribution >= 0.6 is 0 Å². The Morgan fingerprint density at radius 3 is 0.974 bits per heavy atom. The SMILES string of the molecule is c1ccc(-c2nc(-c3ccccc3)nc(-c3cc(-n4c5ccccc5c5cc(-n6c7ccccc7c7ccncc76)ccc54)cc(-n4c5ccccc5c5cc(-n6c7ccccc7c7ccncc76)ccc54)c3)n2)cc1. The molecule has 0 fully saturated rings. The molecule has 9 aromatic carbocycles. The predicted octanol–water partition coefficient (Wildman–Crippen LogP) is 16.1. The lowest BCUT2D eigenvalue weighted by atomic mass is 10.1. The zero-order chi connectivity index (χ0) is 49.8. The summed E-state index contributed by atoms with van der Waals surface area (Å²) in [6, 6.07) is 79.7. The summed E-state index contributed by atoms with van der Waals surface area (Å²) in [7, 11) is 0. The zero-order valence-electron chi connectivity index (χ0n) is 40.7. The Morgan fingerprint density at radius 1 is 0.224 bits per heavy atom. The number of fused-ring (bicyclic) bond motifs is 12. The molecular weight excluding hydrogens is 931 g/mol. The van der Waals surface area contributed by atoms with E-state index in [4.69, 9.17) is 15.0 Å². The van der Waals surface area contributed by atoms with Crippen molar-refractivity contribution in [2.75, 3.05) is 0 Å². The number of aromatic nitrogens is 9. The Kier molecular flexibility index (Phi) is 9.13. The second-order valence-electron chi connectivity index (χ2n) is 19.4. The van der Waals surface area contributed by atoms with Crippen molar-refractivity contribution in [1.29, 1.82) is 0 Å². The standard InChI is InChI=1S/C67H41N9/c1-3-15-42(16-4-1)65-70-66(43-17-5-2-6-18-43)72-67(71-65)44-35-47(75-59-25-13-9-21-51(59)55-38-45(27-29-61(55)75)73-57-23-11-7-19-49(57)53-31-33-68-40-63(53)73)37-48(36-44)76-60-26-14-10-22-52(60)56-39-46(28-30-62(56)76)74-58-24-12-8-20-50(58)54-32-34-69-41-64(54)74/h1-41H. The average molecular weight is 972 g/mol. The topological polar surface area (TPSA) is 84.2 Å². The van der Waals surface area contributed by atoms with Gasteiger partial charge in [0, 0.05) is 94.9 Å². The Morgan fingerprint density at radius 2 is 0.553 bits per heavy atom. The second kappa shape index (κ2) is 16.5. The average Bonchev–Trinajstić information content (AvgIpc) is 4.36. The minimum Gasteiger partial charge on any atom is -0.309 e. The van der Waals surface area contributed by atoms with E-state index < -0.39 is 0 Å². The fourth-order valence-electron chi connectivity index (χ4n) is 11.9. The smallest absolute Gasteiger partial charge is 0.164 e. The van der Waals surface area contributed by atoms with Gasteiger partial charge in [-0.3, -0.25) is 9.97 Å². The number of rotatable bonds is 7. The molecule has 7 aromatic heterocycles. The Balaban J connectivity index is 0.967. The lowest BCUT2D eigenvalue weighted by Gasteiger charge is -2.16. The lowest BCUT2D eigenvalue weighted by molar-refractivity contribution is 1.07. The van der Waals surface area contributed by atoms with Crippen LogP contribution in [0.1, 0.15) is 0 Å². The molecule has 76 heavy (non-hydrogen) atoms. The van der Waals surface area contributed by atoms with Crippen molar-refractivity contribution in [2.24, 2.45) is 0 Å². The van der Waals surface area contributed by atoms with Gasteiger partial charge in [-0.05, 0) is 91.0 Å². The third-order valence-electron chi connectivity index (χ3n) is 15.2. The van der Waals surface area contributed by atoms with Gasteiger partial charge >= 0.3 is 0 Å². The summed E-state index contributed by atoms with van der Waals surface area (Å²) in [5.74, 6) is 1.78. The van der Waals surface area contributed by atoms with E-state index in [1.54, 1.807) is 0 Å². The summed E-state index contributed by atoms with van der Waals surface area (Å²) in [6.45, 7) is 0. The first kappa shape index (κ1) is 42.0. The van der Waals surface area contributed by atoms with E-state index in [-0.39, 0.29) is 0 Å². The first-order chi connectivity index (χ1) is 37.7. The highest BCUT2D eigenvalue weighted by molar-refractivity contribution is 6.14. The Hall–Kier alpha value is -10.5. The number of hydrogen-bond acceptors (Lipinski definition) is 5. The molecule has 9 heteroatoms. The van der Waals surface area contributed by atoms with Gasteiger partial charge in [0.1, 0.15) is 0 Å². The monoisotopic (exact) mass is 971 g/mol. The highest BCUT2D eigenvalue weighted by atomic mass is 15.1. The normalized spacial score (nSPS) is 11.9. The van der Waals surface area contributed by atoms with Gasteiger partial charge in [0.25, 0.3) is 0 Å². The van der Waals surface area contributed by atoms with Crippen molar-refractivity contribution in [3.8, 4) is 56.9 Å². The van der Waals surface area contributed by atoms with Gasteiger partial charge in [-0.15, -0.1) is 0 Å². The molecule has 0 bridgehead atoms. The molecule has 0 N–H and O–H groups in total. The summed E-state index contributed by atoms with van der Waals surface area (Å²) < 4.78 is 9.47. The first-order valence-corrected chi connectivity index (χ1v) is 25.5. The van der Waals surface area contributed by atoms with Gasteiger partial charge < -0.3 is 18.3 Å². The van der Waals surface area contributed by atoms with E-state index in [1.807, 2.05) is 61.2 Å². The third-order valence-corrected chi connectivity index (χ3v) is 15.2. The maximum Gasteiger partial charge on any atom is 0.164 e. The summed E-state index contributed by atoms with van der Waals surface area (Å²) in [5, 5.41) is 9.30. The van der Waals surface area contributed by atoms with Crippen LogP contribution in [0.15, 0.2) is 249 Å². The van der Waals surface area contributed by atoms with Crippen LogP contribution < -0.4 is 0 Å². The maximum atomic E-state index is 5.32. The van der Waals surface area contributed by atoms with Crippen molar-refractivity contribution < 1.29 is 0 Å². The molecule has 0 radical (unpaired) electrons. The van der Waals surface area contributed by atoms with Gasteiger partial charge in [0.15, 0.2) is 17.5 Å². The molecule has 0 amide bonds. The highest BCUT2D eigenvalue weighted by Crippen LogP contribution is 2.41. The van der Waals surface area contributed by atoms with Gasteiger partial charge in [-0.2, -0.15) is 0 Å². The summed E-state index contributed by atoms with van der Waals surface area (Å²) in [6.07, 6.45) is 7.70. The van der Waals surface area contributed by atoms with E-state index in [0.717, 1.165) is 105 Å². The number of benzene rings is 9. The predicted molar refractivity (Wildman–Crippen MR) is 309 cm³/mol. The number of para-hydroxylation sites is 4. The molecule has 0 spiro atoms. The van der Waals surface area contributed by atoms with Gasteiger partial charge in [0.2, 0.25) is 0 Å². The lowest BCUT2D eigenvalue weighted by Crippen LogP contribution is -2.03. The highest BCUT2D eigenvalue weighted by Gasteiger charge is 2.22. The number of pyridine rings is 2. The van der Waals surface area contributed by atoms with E-state index >= 15 is 0 Å². The van der Waals surface area contributed by atoms with Crippen LogP contribution in [0.3, 0.4) is 0 Å². The fraction of sp³-hybridized carbons (Fsp3) is 0. The molecule has 0 atom stereocenters. The molecule has 16 rings (SSSR count). The maximum absolute atomic E-state index is 5.32. The van der Waals surface area contributed by atoms with Crippen LogP contribution in [0.4, 0.5) is 0 Å². The second-order valence-corrected chi connectivity index (χ2v) is 19.4. The van der Waals surface area contributed by atoms with Crippen LogP contribution in [-0.4, -0.2) is 43.2 Å². The largest absolute Gasteiger partial charge is 0.309 e. The van der Waals surface area contributed by atoms with E-state index in [2.05, 4.69) is 216 Å². The molecule has 9 nitrogen and oxygen atoms in total. The summed E-state index contributed by atoms with van der Waals surface area (Å²) in [5.41, 5.74) is 15.5. The minimum atomic E-state index is 0.571. The van der Waals surface area contributed by atoms with Crippen LogP contribution in [0, 0.1) is 0 Å². The van der Waals surface area contributed by atoms with Gasteiger partial charge in [0.05, 0.1) is 56.5 Å². The van der Waals surface area contributed by atoms with Gasteiger partial charge in [-0.1, -0.05) is 133 Å². The Labute approximate surface area is 434 Å². The quantitative estimate of drug-likeness (QED) is 0.159. The molecule has 0 saturated heterocycles. The zero-order valence-corrected chi connectivity index (χ0v) is 40.7. The van der Waals surface area contributed by atoms with Crippen LogP contribution in [0.25, 0.3) is 144 Å². The van der Waals surface area contributed by atoms with Crippen molar-refractivity contribution in [3.05, 3.63) is 249 Å². The molecular formula is C67H41N9. The van der Waals surface area contributed by atoms with Crippen LogP contribution in [0.5, 0.6) is 0 Å². The summed E-state index contributed by atoms with van der Waals surface area (Å²) in [4.78, 5) is 24.9. The number of nitrogens with zero attached hydrogens (tertiary/aromatic N) is 9. The van der Waals surface area contributed by atoms with Crippen molar-refractivity contribution in [1.82, 2.24) is 43.2 Å². The van der Waals surface area contributed by atoms with Gasteiger partial charge in [-0.25, -0.2) is 15.0 Å². The summed E-state index contributed by atoms with van der Waals surface area (Å²) >= 11 is 0. The van der Waals surface area contributed by atoms with Crippen LogP contribution in [0.2, 0.25) is 0 Å². The van der Waals surface area contributed by atoms with E-state index in [0.29, 0.717) is 17.5 Å². The minimum absolute atomic E-state index is 0.571. The van der Waals surface area contributed by atoms with Crippen LogP contribution in [-0.2, 0) is 0 Å². The molecule has 0 aliphatic heterocycles. The first-order valence-electron chi connectivity index (χ1n) is 25.5. The molecule has 0 unspecified atom stereocenters. The molecule has 354 valence electrons. The molecule has 16 aromatic rings. The Bertz CT molecular complexity index is 4590. The molecule has 0 aliphatic rings. The molecule has 0 saturated carbocycles. The van der Waals surface area contributed by atoms with Crippen molar-refractivity contribution in [2.45, 2.75) is 0 Å². The third kappa shape index (κ3) is 6.36. The van der Waals surface area contributed by atoms with Crippen molar-refractivity contribution >= 4 is 87.2 Å². The number of hydrogen-bond donors (Lipinski definition) is 0.